The molecule has 110 valence electrons. The van der Waals surface area contributed by atoms with Crippen LogP contribution < -0.4 is 5.73 Å². The van der Waals surface area contributed by atoms with Gasteiger partial charge in [0.05, 0.1) is 11.8 Å². The zero-order valence-corrected chi connectivity index (χ0v) is 12.2. The summed E-state index contributed by atoms with van der Waals surface area (Å²) in [6.07, 6.45) is 4.31. The fourth-order valence-electron chi connectivity index (χ4n) is 2.67. The van der Waals surface area contributed by atoms with Crippen molar-refractivity contribution in [3.63, 3.8) is 0 Å². The molecule has 2 rings (SSSR count). The number of nitrogens with zero attached hydrogens (tertiary/aromatic N) is 3. The third-order valence-corrected chi connectivity index (χ3v) is 4.23. The van der Waals surface area contributed by atoms with Crippen molar-refractivity contribution in [1.82, 2.24) is 14.8 Å². The van der Waals surface area contributed by atoms with Crippen LogP contribution in [0.3, 0.4) is 0 Å². The van der Waals surface area contributed by atoms with Crippen molar-refractivity contribution in [2.75, 3.05) is 33.4 Å². The van der Waals surface area contributed by atoms with E-state index in [-0.39, 0.29) is 22.8 Å². The van der Waals surface area contributed by atoms with E-state index in [1.165, 1.54) is 6.42 Å². The highest BCUT2D eigenvalue weighted by atomic mass is 19.1. The minimum absolute atomic E-state index is 0.0277. The van der Waals surface area contributed by atoms with Crippen LogP contribution in [0.2, 0.25) is 0 Å². The van der Waals surface area contributed by atoms with E-state index in [1.54, 1.807) is 11.9 Å². The monoisotopic (exact) mass is 280 g/mol. The average molecular weight is 280 g/mol. The van der Waals surface area contributed by atoms with E-state index in [0.29, 0.717) is 6.54 Å². The zero-order chi connectivity index (χ0) is 14.9. The Morgan fingerprint density at radius 1 is 1.45 bits per heavy atom. The van der Waals surface area contributed by atoms with E-state index >= 15 is 0 Å². The van der Waals surface area contributed by atoms with Gasteiger partial charge in [0.1, 0.15) is 11.6 Å². The first-order valence-electron chi connectivity index (χ1n) is 6.70. The lowest BCUT2D eigenvalue weighted by Gasteiger charge is -2.49. The Bertz CT molecular complexity index is 514. The average Bonchev–Trinajstić information content (AvgIpc) is 2.35. The summed E-state index contributed by atoms with van der Waals surface area (Å²) in [5.41, 5.74) is 5.82. The molecule has 0 unspecified atom stereocenters. The number of hydrogen-bond acceptors (Lipinski definition) is 4. The first-order valence-corrected chi connectivity index (χ1v) is 6.70. The second-order valence-electron chi connectivity index (χ2n) is 5.72. The Morgan fingerprint density at radius 2 is 2.10 bits per heavy atom. The topological polar surface area (TPSA) is 62.5 Å². The number of halogens is 1. The summed E-state index contributed by atoms with van der Waals surface area (Å²) in [5, 5.41) is 0. The smallest absolute Gasteiger partial charge is 0.257 e. The third kappa shape index (κ3) is 2.60. The van der Waals surface area contributed by atoms with Gasteiger partial charge in [-0.2, -0.15) is 0 Å². The van der Waals surface area contributed by atoms with Crippen LogP contribution in [0.1, 0.15) is 29.6 Å². The molecule has 1 saturated carbocycles. The Hall–Kier alpha value is -1.69. The van der Waals surface area contributed by atoms with Crippen molar-refractivity contribution < 1.29 is 9.18 Å². The fraction of sp³-hybridized carbons (Fsp3) is 0.571. The Balaban J connectivity index is 2.14. The molecule has 0 aliphatic heterocycles. The van der Waals surface area contributed by atoms with Crippen LogP contribution in [-0.4, -0.2) is 53.9 Å². The van der Waals surface area contributed by atoms with Gasteiger partial charge in [0.25, 0.3) is 5.91 Å². The molecule has 1 heterocycles. The second-order valence-corrected chi connectivity index (χ2v) is 5.72. The first-order chi connectivity index (χ1) is 9.35. The van der Waals surface area contributed by atoms with Crippen molar-refractivity contribution >= 4 is 11.7 Å². The molecule has 6 heteroatoms. The molecule has 5 nitrogen and oxygen atoms in total. The van der Waals surface area contributed by atoms with Crippen molar-refractivity contribution in [2.24, 2.45) is 0 Å². The number of nitrogens with two attached hydrogens (primary N) is 1. The predicted molar refractivity (Wildman–Crippen MR) is 75.8 cm³/mol. The van der Waals surface area contributed by atoms with E-state index in [1.807, 2.05) is 14.1 Å². The molecular weight excluding hydrogens is 259 g/mol. The van der Waals surface area contributed by atoms with Crippen molar-refractivity contribution in [3.05, 3.63) is 23.6 Å². The molecule has 1 aromatic heterocycles. The highest BCUT2D eigenvalue weighted by molar-refractivity contribution is 5.98. The summed E-state index contributed by atoms with van der Waals surface area (Å²) < 4.78 is 13.2. The summed E-state index contributed by atoms with van der Waals surface area (Å²) in [6, 6.07) is 1.14. The number of amides is 1. The maximum Gasteiger partial charge on any atom is 0.257 e. The van der Waals surface area contributed by atoms with Crippen LogP contribution in [-0.2, 0) is 0 Å². The van der Waals surface area contributed by atoms with Crippen molar-refractivity contribution in [2.45, 2.75) is 24.8 Å². The van der Waals surface area contributed by atoms with Crippen molar-refractivity contribution in [1.29, 1.82) is 0 Å². The number of aromatic nitrogens is 1. The molecule has 1 aromatic rings. The number of anilines is 1. The summed E-state index contributed by atoms with van der Waals surface area (Å²) in [6.45, 7) is 0.606. The van der Waals surface area contributed by atoms with Crippen LogP contribution in [0.4, 0.5) is 10.2 Å². The number of hydrogen-bond donors (Lipinski definition) is 1. The Labute approximate surface area is 118 Å². The highest BCUT2D eigenvalue weighted by Crippen LogP contribution is 2.36. The first kappa shape index (κ1) is 14.7. The molecular formula is C14H21FN4O. The maximum atomic E-state index is 13.2. The van der Waals surface area contributed by atoms with Gasteiger partial charge in [-0.3, -0.25) is 4.79 Å². The zero-order valence-electron chi connectivity index (χ0n) is 12.2. The molecule has 1 aliphatic rings. The fourth-order valence-corrected chi connectivity index (χ4v) is 2.67. The number of carbonyl (C=O) groups is 1. The second kappa shape index (κ2) is 5.36. The van der Waals surface area contributed by atoms with E-state index in [9.17, 15) is 9.18 Å². The van der Waals surface area contributed by atoms with Crippen LogP contribution in [0, 0.1) is 5.82 Å². The molecule has 1 amide bonds. The predicted octanol–water partition coefficient (Wildman–Crippen LogP) is 1.36. The lowest BCUT2D eigenvalue weighted by molar-refractivity contribution is 0.0252. The molecule has 1 fully saturated rings. The molecule has 0 bridgehead atoms. The summed E-state index contributed by atoms with van der Waals surface area (Å²) >= 11 is 0. The van der Waals surface area contributed by atoms with Crippen molar-refractivity contribution in [3.8, 4) is 0 Å². The Kier molecular flexibility index (Phi) is 3.94. The SMILES string of the molecule is CN(CC1(N(C)C)CCC1)C(=O)c1cc(F)cnc1N. The lowest BCUT2D eigenvalue weighted by atomic mass is 9.75. The van der Waals surface area contributed by atoms with Gasteiger partial charge in [0.15, 0.2) is 0 Å². The molecule has 0 saturated heterocycles. The molecule has 1 aliphatic carbocycles. The number of nitrogen functional groups attached to an aromatic ring is 1. The lowest BCUT2D eigenvalue weighted by Crippen LogP contribution is -2.57. The van der Waals surface area contributed by atoms with Gasteiger partial charge < -0.3 is 15.5 Å². The minimum Gasteiger partial charge on any atom is -0.383 e. The van der Waals surface area contributed by atoms with Gasteiger partial charge in [-0.1, -0.05) is 0 Å². The van der Waals surface area contributed by atoms with Gasteiger partial charge in [0.2, 0.25) is 0 Å². The van der Waals surface area contributed by atoms with Gasteiger partial charge in [-0.15, -0.1) is 0 Å². The molecule has 20 heavy (non-hydrogen) atoms. The van der Waals surface area contributed by atoms with Crippen LogP contribution in [0.15, 0.2) is 12.3 Å². The van der Waals surface area contributed by atoms with Gasteiger partial charge in [-0.25, -0.2) is 9.37 Å². The summed E-state index contributed by atoms with van der Waals surface area (Å²) in [4.78, 5) is 19.8. The number of rotatable bonds is 4. The maximum absolute atomic E-state index is 13.2. The Morgan fingerprint density at radius 3 is 2.60 bits per heavy atom. The van der Waals surface area contributed by atoms with Gasteiger partial charge in [0, 0.05) is 19.1 Å². The van der Waals surface area contributed by atoms with E-state index in [2.05, 4.69) is 9.88 Å². The largest absolute Gasteiger partial charge is 0.383 e. The van der Waals surface area contributed by atoms with Crippen LogP contribution in [0.5, 0.6) is 0 Å². The van der Waals surface area contributed by atoms with E-state index in [0.717, 1.165) is 25.1 Å². The number of likely N-dealkylation sites (N-methyl/N-ethyl adjacent to an activating group) is 2. The number of pyridine rings is 1. The quantitative estimate of drug-likeness (QED) is 0.904. The van der Waals surface area contributed by atoms with E-state index < -0.39 is 5.82 Å². The third-order valence-electron chi connectivity index (χ3n) is 4.23. The molecule has 0 atom stereocenters. The van der Waals surface area contributed by atoms with Gasteiger partial charge in [-0.05, 0) is 39.4 Å². The molecule has 0 radical (unpaired) electrons. The number of carbonyl (C=O) groups excluding carboxylic acids is 1. The summed E-state index contributed by atoms with van der Waals surface area (Å²) in [5.74, 6) is -0.777. The molecule has 0 aromatic carbocycles. The van der Waals surface area contributed by atoms with Crippen LogP contribution >= 0.6 is 0 Å². The molecule has 0 spiro atoms. The highest BCUT2D eigenvalue weighted by Gasteiger charge is 2.40. The summed E-state index contributed by atoms with van der Waals surface area (Å²) in [7, 11) is 5.77. The van der Waals surface area contributed by atoms with Crippen LogP contribution in [0.25, 0.3) is 0 Å². The van der Waals surface area contributed by atoms with E-state index in [4.69, 9.17) is 5.73 Å². The minimum atomic E-state index is -0.554. The normalized spacial score (nSPS) is 16.9. The van der Waals surface area contributed by atoms with Gasteiger partial charge >= 0.3 is 0 Å². The molecule has 2 N–H and O–H groups in total. The standard InChI is InChI=1S/C14H21FN4O/c1-18(2)14(5-4-6-14)9-19(3)13(20)11-7-10(15)8-17-12(11)16/h7-8H,4-6,9H2,1-3H3,(H2,16,17).